The van der Waals surface area contributed by atoms with Crippen LogP contribution in [0.15, 0.2) is 42.5 Å². The highest BCUT2D eigenvalue weighted by molar-refractivity contribution is 5.54. The number of rotatable bonds is 8. The maximum Gasteiger partial charge on any atom is 0.0317 e. The minimum atomic E-state index is -0.0519. The van der Waals surface area contributed by atoms with Crippen LogP contribution in [0.25, 0.3) is 0 Å². The molecule has 0 fully saturated rings. The summed E-state index contributed by atoms with van der Waals surface area (Å²) >= 11 is 0. The van der Waals surface area contributed by atoms with Crippen molar-refractivity contribution in [1.82, 2.24) is 0 Å². The Morgan fingerprint density at radius 1 is 0.741 bits per heavy atom. The molecule has 0 aliphatic heterocycles. The molecular weight excluding hydrogens is 328 g/mol. The number of nitrogen functional groups attached to an aromatic ring is 2. The van der Waals surface area contributed by atoms with Gasteiger partial charge in [0, 0.05) is 16.8 Å². The van der Waals surface area contributed by atoms with Gasteiger partial charge in [0.1, 0.15) is 0 Å². The Kier molecular flexibility index (Phi) is 6.97. The van der Waals surface area contributed by atoms with Crippen molar-refractivity contribution in [3.8, 4) is 0 Å². The zero-order chi connectivity index (χ0) is 20.2. The normalized spacial score (nSPS) is 17.1. The van der Waals surface area contributed by atoms with Crippen LogP contribution in [-0.2, 0) is 5.41 Å². The van der Waals surface area contributed by atoms with Crippen molar-refractivity contribution in [2.75, 3.05) is 11.5 Å². The van der Waals surface area contributed by atoms with Gasteiger partial charge >= 0.3 is 0 Å². The lowest BCUT2D eigenvalue weighted by Gasteiger charge is -2.47. The molecule has 0 aromatic heterocycles. The molecule has 2 rings (SSSR count). The summed E-state index contributed by atoms with van der Waals surface area (Å²) in [4.78, 5) is 0. The second-order valence-corrected chi connectivity index (χ2v) is 8.27. The van der Waals surface area contributed by atoms with E-state index in [0.717, 1.165) is 30.6 Å². The smallest absolute Gasteiger partial charge is 0.0317 e. The molecule has 2 aromatic rings. The van der Waals surface area contributed by atoms with Crippen molar-refractivity contribution in [3.05, 3.63) is 59.2 Å². The molecule has 2 aromatic carbocycles. The molecule has 3 atom stereocenters. The predicted octanol–water partition coefficient (Wildman–Crippen LogP) is 6.74. The fraction of sp³-hybridized carbons (Fsp3) is 0.520. The van der Waals surface area contributed by atoms with Gasteiger partial charge in [-0.3, -0.25) is 0 Å². The van der Waals surface area contributed by atoms with Crippen LogP contribution in [0.3, 0.4) is 0 Å². The van der Waals surface area contributed by atoms with Crippen molar-refractivity contribution in [2.24, 2.45) is 11.8 Å². The molecule has 3 unspecified atom stereocenters. The zero-order valence-electron chi connectivity index (χ0n) is 18.0. The lowest BCUT2D eigenvalue weighted by molar-refractivity contribution is 0.227. The summed E-state index contributed by atoms with van der Waals surface area (Å²) in [5, 5.41) is 0. The van der Waals surface area contributed by atoms with Crippen LogP contribution >= 0.6 is 0 Å². The first-order valence-corrected chi connectivity index (χ1v) is 10.6. The highest BCUT2D eigenvalue weighted by Gasteiger charge is 2.44. The van der Waals surface area contributed by atoms with Gasteiger partial charge in [-0.25, -0.2) is 0 Å². The largest absolute Gasteiger partial charge is 0.399 e. The van der Waals surface area contributed by atoms with E-state index in [1.165, 1.54) is 16.7 Å². The Labute approximate surface area is 166 Å². The fourth-order valence-corrected chi connectivity index (χ4v) is 4.73. The van der Waals surface area contributed by atoms with Crippen LogP contribution in [-0.4, -0.2) is 0 Å². The van der Waals surface area contributed by atoms with E-state index in [4.69, 9.17) is 11.5 Å². The SMILES string of the molecule is CCC(C)c1cc(N)ccc1C(c1ccc(N)cc1)(C(C)CC)C(C)CC. The van der Waals surface area contributed by atoms with Crippen LogP contribution in [0.5, 0.6) is 0 Å². The summed E-state index contributed by atoms with van der Waals surface area (Å²) in [6.45, 7) is 14.0. The summed E-state index contributed by atoms with van der Waals surface area (Å²) in [6, 6.07) is 15.2. The van der Waals surface area contributed by atoms with E-state index in [-0.39, 0.29) is 5.41 Å². The lowest BCUT2D eigenvalue weighted by Crippen LogP contribution is -2.42. The topological polar surface area (TPSA) is 52.0 Å². The molecule has 0 radical (unpaired) electrons. The third-order valence-corrected chi connectivity index (χ3v) is 6.83. The molecule has 148 valence electrons. The standard InChI is InChI=1S/C25H38N2/c1-7-17(4)23-16-22(27)14-15-24(23)25(18(5)8-2,19(6)9-3)20-10-12-21(26)13-11-20/h10-19H,7-9,26-27H2,1-6H3. The maximum absolute atomic E-state index is 6.22. The number of benzene rings is 2. The van der Waals surface area contributed by atoms with Gasteiger partial charge in [0.25, 0.3) is 0 Å². The molecule has 0 bridgehead atoms. The van der Waals surface area contributed by atoms with Gasteiger partial charge in [0.2, 0.25) is 0 Å². The Balaban J connectivity index is 2.90. The maximum atomic E-state index is 6.22. The second-order valence-electron chi connectivity index (χ2n) is 8.27. The molecule has 0 heterocycles. The van der Waals surface area contributed by atoms with Crippen molar-refractivity contribution < 1.29 is 0 Å². The van der Waals surface area contributed by atoms with Crippen LogP contribution in [0.2, 0.25) is 0 Å². The van der Waals surface area contributed by atoms with Gasteiger partial charge in [0.15, 0.2) is 0 Å². The van der Waals surface area contributed by atoms with E-state index in [1.54, 1.807) is 0 Å². The van der Waals surface area contributed by atoms with Crippen LogP contribution < -0.4 is 11.5 Å². The fourth-order valence-electron chi connectivity index (χ4n) is 4.73. The van der Waals surface area contributed by atoms with E-state index in [9.17, 15) is 0 Å². The molecule has 0 saturated carbocycles. The first kappa shape index (κ1) is 21.3. The van der Waals surface area contributed by atoms with Crippen molar-refractivity contribution in [2.45, 2.75) is 72.1 Å². The van der Waals surface area contributed by atoms with E-state index in [0.29, 0.717) is 17.8 Å². The summed E-state index contributed by atoms with van der Waals surface area (Å²) < 4.78 is 0. The van der Waals surface area contributed by atoms with Gasteiger partial charge in [-0.2, -0.15) is 0 Å². The minimum absolute atomic E-state index is 0.0519. The molecule has 0 spiro atoms. The van der Waals surface area contributed by atoms with Gasteiger partial charge < -0.3 is 11.5 Å². The molecule has 0 amide bonds. The highest BCUT2D eigenvalue weighted by atomic mass is 14.6. The summed E-state index contributed by atoms with van der Waals surface area (Å²) in [5.41, 5.74) is 18.1. The molecule has 2 nitrogen and oxygen atoms in total. The molecule has 2 heteroatoms. The number of hydrogen-bond acceptors (Lipinski definition) is 2. The third kappa shape index (κ3) is 3.85. The van der Waals surface area contributed by atoms with Crippen molar-refractivity contribution >= 4 is 11.4 Å². The first-order chi connectivity index (χ1) is 12.8. The first-order valence-electron chi connectivity index (χ1n) is 10.6. The van der Waals surface area contributed by atoms with Gasteiger partial charge in [-0.05, 0) is 65.1 Å². The highest BCUT2D eigenvalue weighted by Crippen LogP contribution is 2.50. The number of hydrogen-bond donors (Lipinski definition) is 2. The molecule has 0 aliphatic carbocycles. The van der Waals surface area contributed by atoms with Crippen LogP contribution in [0.4, 0.5) is 11.4 Å². The average molecular weight is 367 g/mol. The van der Waals surface area contributed by atoms with Gasteiger partial charge in [0.05, 0.1) is 0 Å². The van der Waals surface area contributed by atoms with E-state index in [1.807, 2.05) is 0 Å². The minimum Gasteiger partial charge on any atom is -0.399 e. The molecular formula is C25H38N2. The second kappa shape index (κ2) is 8.82. The van der Waals surface area contributed by atoms with Crippen LogP contribution in [0, 0.1) is 11.8 Å². The Bertz CT molecular complexity index is 722. The van der Waals surface area contributed by atoms with Crippen molar-refractivity contribution in [3.63, 3.8) is 0 Å². The number of nitrogens with two attached hydrogens (primary N) is 2. The van der Waals surface area contributed by atoms with E-state index < -0.39 is 0 Å². The van der Waals surface area contributed by atoms with Crippen molar-refractivity contribution in [1.29, 1.82) is 0 Å². The molecule has 27 heavy (non-hydrogen) atoms. The monoisotopic (exact) mass is 366 g/mol. The Hall–Kier alpha value is -1.96. The molecule has 0 aliphatic rings. The average Bonchev–Trinajstić information content (AvgIpc) is 2.69. The summed E-state index contributed by atoms with van der Waals surface area (Å²) in [5.74, 6) is 1.48. The molecule has 4 N–H and O–H groups in total. The summed E-state index contributed by atoms with van der Waals surface area (Å²) in [6.07, 6.45) is 3.35. The Morgan fingerprint density at radius 3 is 1.74 bits per heavy atom. The van der Waals surface area contributed by atoms with E-state index in [2.05, 4.69) is 84.0 Å². The van der Waals surface area contributed by atoms with Crippen LogP contribution in [0.1, 0.15) is 83.4 Å². The zero-order valence-corrected chi connectivity index (χ0v) is 18.0. The lowest BCUT2D eigenvalue weighted by atomic mass is 9.57. The van der Waals surface area contributed by atoms with Gasteiger partial charge in [-0.15, -0.1) is 0 Å². The molecule has 0 saturated heterocycles. The predicted molar refractivity (Wildman–Crippen MR) is 120 cm³/mol. The summed E-state index contributed by atoms with van der Waals surface area (Å²) in [7, 11) is 0. The quantitative estimate of drug-likeness (QED) is 0.508. The van der Waals surface area contributed by atoms with Gasteiger partial charge in [-0.1, -0.05) is 72.6 Å². The Morgan fingerprint density at radius 2 is 1.26 bits per heavy atom. The number of anilines is 2. The van der Waals surface area contributed by atoms with E-state index >= 15 is 0 Å². The third-order valence-electron chi connectivity index (χ3n) is 6.83.